The van der Waals surface area contributed by atoms with Crippen LogP contribution in [0.25, 0.3) is 0 Å². The van der Waals surface area contributed by atoms with Crippen molar-refractivity contribution in [2.24, 2.45) is 5.73 Å². The Morgan fingerprint density at radius 3 is 2.80 bits per heavy atom. The maximum atomic E-state index is 11.7. The van der Waals surface area contributed by atoms with E-state index in [1.54, 1.807) is 11.0 Å². The summed E-state index contributed by atoms with van der Waals surface area (Å²) in [5, 5.41) is 0.612. The molecule has 2 N–H and O–H groups in total. The lowest BCUT2D eigenvalue weighted by molar-refractivity contribution is -0.119. The number of hydrogen-bond donors (Lipinski definition) is 1. The Morgan fingerprint density at radius 2 is 2.13 bits per heavy atom. The fourth-order valence-electron chi connectivity index (χ4n) is 1.78. The van der Waals surface area contributed by atoms with Gasteiger partial charge in [0.2, 0.25) is 5.91 Å². The van der Waals surface area contributed by atoms with Crippen LogP contribution in [0.1, 0.15) is 12.8 Å². The first-order valence-corrected chi connectivity index (χ1v) is 5.37. The summed E-state index contributed by atoms with van der Waals surface area (Å²) in [6, 6.07) is 7.38. The predicted octanol–water partition coefficient (Wildman–Crippen LogP) is 1.79. The van der Waals surface area contributed by atoms with E-state index < -0.39 is 0 Å². The van der Waals surface area contributed by atoms with Crippen molar-refractivity contribution in [1.82, 2.24) is 0 Å². The van der Waals surface area contributed by atoms with Gasteiger partial charge in [-0.25, -0.2) is 0 Å². The molecule has 1 aromatic rings. The van der Waals surface area contributed by atoms with Gasteiger partial charge in [0.25, 0.3) is 0 Å². The van der Waals surface area contributed by atoms with E-state index in [-0.39, 0.29) is 11.9 Å². The van der Waals surface area contributed by atoms with Crippen LogP contribution < -0.4 is 10.6 Å². The number of amides is 1. The van der Waals surface area contributed by atoms with Crippen molar-refractivity contribution in [2.75, 3.05) is 11.4 Å². The molecule has 1 atom stereocenters. The van der Waals surface area contributed by atoms with Crippen LogP contribution in [0.5, 0.6) is 0 Å². The topological polar surface area (TPSA) is 46.3 Å². The lowest BCUT2D eigenvalue weighted by atomic mass is 10.0. The highest BCUT2D eigenvalue weighted by Gasteiger charge is 2.25. The van der Waals surface area contributed by atoms with Gasteiger partial charge in [0, 0.05) is 19.0 Å². The summed E-state index contributed by atoms with van der Waals surface area (Å²) in [4.78, 5) is 13.5. The zero-order valence-corrected chi connectivity index (χ0v) is 9.07. The van der Waals surface area contributed by atoms with Gasteiger partial charge >= 0.3 is 0 Å². The minimum absolute atomic E-state index is 0.00348. The molecule has 1 saturated heterocycles. The van der Waals surface area contributed by atoms with Gasteiger partial charge in [-0.05, 0) is 18.6 Å². The number of para-hydroxylation sites is 1. The molecule has 15 heavy (non-hydrogen) atoms. The molecule has 4 heteroatoms. The van der Waals surface area contributed by atoms with Gasteiger partial charge in [-0.2, -0.15) is 0 Å². The van der Waals surface area contributed by atoms with Crippen molar-refractivity contribution in [3.63, 3.8) is 0 Å². The van der Waals surface area contributed by atoms with Crippen LogP contribution in [-0.2, 0) is 4.79 Å². The smallest absolute Gasteiger partial charge is 0.228 e. The van der Waals surface area contributed by atoms with E-state index in [0.29, 0.717) is 18.0 Å². The molecule has 1 aromatic carbocycles. The molecule has 0 bridgehead atoms. The number of nitrogens with two attached hydrogens (primary N) is 1. The van der Waals surface area contributed by atoms with Crippen molar-refractivity contribution in [3.8, 4) is 0 Å². The normalized spacial score (nSPS) is 21.9. The quantitative estimate of drug-likeness (QED) is 0.791. The second-order valence-corrected chi connectivity index (χ2v) is 4.16. The number of nitrogens with zero attached hydrogens (tertiary/aromatic N) is 1. The maximum absolute atomic E-state index is 11.7. The summed E-state index contributed by atoms with van der Waals surface area (Å²) in [6.07, 6.45) is 1.24. The first-order valence-electron chi connectivity index (χ1n) is 4.99. The van der Waals surface area contributed by atoms with Gasteiger partial charge in [0.15, 0.2) is 0 Å². The van der Waals surface area contributed by atoms with Crippen LogP contribution in [-0.4, -0.2) is 18.5 Å². The van der Waals surface area contributed by atoms with Gasteiger partial charge in [-0.15, -0.1) is 0 Å². The number of hydrogen-bond acceptors (Lipinski definition) is 2. The van der Waals surface area contributed by atoms with E-state index in [4.69, 9.17) is 17.3 Å². The minimum atomic E-state index is -0.00348. The van der Waals surface area contributed by atoms with Crippen LogP contribution >= 0.6 is 11.6 Å². The SMILES string of the molecule is NC1CCN(c2ccccc2Cl)C(=O)C1. The van der Waals surface area contributed by atoms with E-state index in [9.17, 15) is 4.79 Å². The highest BCUT2D eigenvalue weighted by Crippen LogP contribution is 2.27. The Morgan fingerprint density at radius 1 is 1.40 bits per heavy atom. The first-order chi connectivity index (χ1) is 7.18. The van der Waals surface area contributed by atoms with Gasteiger partial charge in [0.1, 0.15) is 0 Å². The Bertz CT molecular complexity index is 381. The lowest BCUT2D eigenvalue weighted by Gasteiger charge is -2.30. The van der Waals surface area contributed by atoms with E-state index in [2.05, 4.69) is 0 Å². The average molecular weight is 225 g/mol. The second-order valence-electron chi connectivity index (χ2n) is 3.75. The molecule has 0 saturated carbocycles. The van der Waals surface area contributed by atoms with Gasteiger partial charge in [-0.1, -0.05) is 23.7 Å². The molecule has 1 amide bonds. The number of piperidine rings is 1. The van der Waals surface area contributed by atoms with Gasteiger partial charge in [-0.3, -0.25) is 4.79 Å². The Kier molecular flexibility index (Phi) is 2.93. The summed E-state index contributed by atoms with van der Waals surface area (Å²) in [7, 11) is 0. The first kappa shape index (κ1) is 10.5. The standard InChI is InChI=1S/C11H13ClN2O/c12-9-3-1-2-4-10(9)14-6-5-8(13)7-11(14)15/h1-4,8H,5-7,13H2. The van der Waals surface area contributed by atoms with Crippen LogP contribution in [0.4, 0.5) is 5.69 Å². The Labute approximate surface area is 93.8 Å². The van der Waals surface area contributed by atoms with E-state index in [0.717, 1.165) is 12.1 Å². The van der Waals surface area contributed by atoms with Crippen LogP contribution in [0.3, 0.4) is 0 Å². The number of anilines is 1. The average Bonchev–Trinajstić information content (AvgIpc) is 2.20. The molecule has 2 rings (SSSR count). The second kappa shape index (κ2) is 4.21. The molecule has 1 aliphatic heterocycles. The van der Waals surface area contributed by atoms with Crippen molar-refractivity contribution >= 4 is 23.2 Å². The fraction of sp³-hybridized carbons (Fsp3) is 0.364. The van der Waals surface area contributed by atoms with Crippen molar-refractivity contribution < 1.29 is 4.79 Å². The third-order valence-corrected chi connectivity index (χ3v) is 2.92. The largest absolute Gasteiger partial charge is 0.327 e. The zero-order chi connectivity index (χ0) is 10.8. The summed E-state index contributed by atoms with van der Waals surface area (Å²) in [5.74, 6) is 0.0573. The third-order valence-electron chi connectivity index (χ3n) is 2.60. The number of rotatable bonds is 1. The fourth-order valence-corrected chi connectivity index (χ4v) is 2.02. The predicted molar refractivity (Wildman–Crippen MR) is 61.0 cm³/mol. The number of carbonyl (C=O) groups excluding carboxylic acids is 1. The molecule has 1 heterocycles. The summed E-state index contributed by atoms with van der Waals surface area (Å²) in [5.41, 5.74) is 6.51. The molecule has 0 spiro atoms. The highest BCUT2D eigenvalue weighted by atomic mass is 35.5. The van der Waals surface area contributed by atoms with E-state index >= 15 is 0 Å². The molecule has 1 aliphatic rings. The van der Waals surface area contributed by atoms with Gasteiger partial charge in [0.05, 0.1) is 10.7 Å². The molecule has 0 radical (unpaired) electrons. The molecule has 1 fully saturated rings. The van der Waals surface area contributed by atoms with Gasteiger partial charge < -0.3 is 10.6 Å². The monoisotopic (exact) mass is 224 g/mol. The number of benzene rings is 1. The van der Waals surface area contributed by atoms with E-state index in [1.807, 2.05) is 18.2 Å². The zero-order valence-electron chi connectivity index (χ0n) is 8.32. The minimum Gasteiger partial charge on any atom is -0.327 e. The van der Waals surface area contributed by atoms with Crippen molar-refractivity contribution in [3.05, 3.63) is 29.3 Å². The summed E-state index contributed by atoms with van der Waals surface area (Å²) < 4.78 is 0. The van der Waals surface area contributed by atoms with Crippen molar-refractivity contribution in [1.29, 1.82) is 0 Å². The molecule has 3 nitrogen and oxygen atoms in total. The van der Waals surface area contributed by atoms with Crippen LogP contribution in [0.15, 0.2) is 24.3 Å². The lowest BCUT2D eigenvalue weighted by Crippen LogP contribution is -2.44. The van der Waals surface area contributed by atoms with Crippen LogP contribution in [0.2, 0.25) is 5.02 Å². The molecular formula is C11H13ClN2O. The molecular weight excluding hydrogens is 212 g/mol. The van der Waals surface area contributed by atoms with E-state index in [1.165, 1.54) is 0 Å². The Hall–Kier alpha value is -1.06. The molecule has 0 aliphatic carbocycles. The summed E-state index contributed by atoms with van der Waals surface area (Å²) in [6.45, 7) is 0.656. The molecule has 1 unspecified atom stereocenters. The molecule has 80 valence electrons. The number of halogens is 1. The third kappa shape index (κ3) is 2.13. The number of carbonyl (C=O) groups is 1. The van der Waals surface area contributed by atoms with Crippen LogP contribution in [0, 0.1) is 0 Å². The van der Waals surface area contributed by atoms with Crippen molar-refractivity contribution in [2.45, 2.75) is 18.9 Å². The Balaban J connectivity index is 2.24. The maximum Gasteiger partial charge on any atom is 0.228 e. The highest BCUT2D eigenvalue weighted by molar-refractivity contribution is 6.33. The molecule has 0 aromatic heterocycles. The summed E-state index contributed by atoms with van der Waals surface area (Å²) >= 11 is 6.03.